The minimum atomic E-state index is 0.0733. The molecule has 2 rings (SSSR count). The summed E-state index contributed by atoms with van der Waals surface area (Å²) in [7, 11) is 1.65. The summed E-state index contributed by atoms with van der Waals surface area (Å²) < 4.78 is 6.89. The van der Waals surface area contributed by atoms with Crippen LogP contribution in [0.2, 0.25) is 0 Å². The molecule has 1 heterocycles. The van der Waals surface area contributed by atoms with Gasteiger partial charge in [-0.3, -0.25) is 0 Å². The van der Waals surface area contributed by atoms with Crippen LogP contribution in [0.15, 0.2) is 30.5 Å². The maximum absolute atomic E-state index is 5.13. The lowest BCUT2D eigenvalue weighted by molar-refractivity contribution is 0.414. The van der Waals surface area contributed by atoms with Crippen LogP contribution in [0.1, 0.15) is 26.5 Å². The SMILES string of the molecule is COc1ccc(-n2cc(CNC(C)(C)C)nn2)cc1. The van der Waals surface area contributed by atoms with Gasteiger partial charge in [0.1, 0.15) is 5.75 Å². The van der Waals surface area contributed by atoms with Crippen molar-refractivity contribution in [1.82, 2.24) is 20.3 Å². The van der Waals surface area contributed by atoms with Crippen LogP contribution in [0.25, 0.3) is 5.69 Å². The van der Waals surface area contributed by atoms with E-state index in [2.05, 4.69) is 36.4 Å². The fraction of sp³-hybridized carbons (Fsp3) is 0.429. The molecule has 2 aromatic rings. The molecule has 0 saturated heterocycles. The number of nitrogens with zero attached hydrogens (tertiary/aromatic N) is 3. The number of benzene rings is 1. The van der Waals surface area contributed by atoms with Crippen LogP contribution < -0.4 is 10.1 Å². The van der Waals surface area contributed by atoms with E-state index >= 15 is 0 Å². The van der Waals surface area contributed by atoms with Crippen molar-refractivity contribution < 1.29 is 4.74 Å². The van der Waals surface area contributed by atoms with Gasteiger partial charge in [0.25, 0.3) is 0 Å². The Hall–Kier alpha value is -1.88. The molecule has 0 spiro atoms. The van der Waals surface area contributed by atoms with Crippen molar-refractivity contribution in [2.24, 2.45) is 0 Å². The topological polar surface area (TPSA) is 52.0 Å². The van der Waals surface area contributed by atoms with Gasteiger partial charge in [0, 0.05) is 12.1 Å². The molecule has 0 aliphatic heterocycles. The molecule has 0 fully saturated rings. The van der Waals surface area contributed by atoms with E-state index in [0.29, 0.717) is 6.54 Å². The second kappa shape index (κ2) is 5.40. The molecule has 0 saturated carbocycles. The first-order valence-corrected chi connectivity index (χ1v) is 6.28. The van der Waals surface area contributed by atoms with Crippen molar-refractivity contribution in [2.45, 2.75) is 32.9 Å². The Balaban J connectivity index is 2.07. The zero-order valence-electron chi connectivity index (χ0n) is 11.8. The number of rotatable bonds is 4. The number of nitrogens with one attached hydrogen (secondary N) is 1. The van der Waals surface area contributed by atoms with Crippen molar-refractivity contribution in [3.05, 3.63) is 36.2 Å². The highest BCUT2D eigenvalue weighted by Crippen LogP contribution is 2.14. The molecule has 0 radical (unpaired) electrons. The molecule has 0 aliphatic rings. The Morgan fingerprint density at radius 1 is 1.21 bits per heavy atom. The largest absolute Gasteiger partial charge is 0.497 e. The summed E-state index contributed by atoms with van der Waals surface area (Å²) in [5.41, 5.74) is 1.96. The zero-order chi connectivity index (χ0) is 13.9. The molecular weight excluding hydrogens is 240 g/mol. The molecule has 0 unspecified atom stereocenters. The van der Waals surface area contributed by atoms with Crippen LogP contribution in [0.4, 0.5) is 0 Å². The van der Waals surface area contributed by atoms with Crippen molar-refractivity contribution in [3.63, 3.8) is 0 Å². The maximum Gasteiger partial charge on any atom is 0.119 e. The molecule has 0 amide bonds. The number of hydrogen-bond donors (Lipinski definition) is 1. The lowest BCUT2D eigenvalue weighted by atomic mass is 10.1. The third-order valence-corrected chi connectivity index (χ3v) is 2.68. The molecule has 0 atom stereocenters. The molecule has 1 aromatic carbocycles. The van der Waals surface area contributed by atoms with Crippen molar-refractivity contribution in [2.75, 3.05) is 7.11 Å². The summed E-state index contributed by atoms with van der Waals surface area (Å²) in [5.74, 6) is 0.832. The van der Waals surface area contributed by atoms with Gasteiger partial charge in [0.2, 0.25) is 0 Å². The number of hydrogen-bond acceptors (Lipinski definition) is 4. The van der Waals surface area contributed by atoms with Crippen LogP contribution in [-0.4, -0.2) is 27.6 Å². The summed E-state index contributed by atoms with van der Waals surface area (Å²) in [6.07, 6.45) is 1.93. The highest BCUT2D eigenvalue weighted by Gasteiger charge is 2.10. The van der Waals surface area contributed by atoms with Gasteiger partial charge < -0.3 is 10.1 Å². The van der Waals surface area contributed by atoms with Crippen LogP contribution in [0, 0.1) is 0 Å². The van der Waals surface area contributed by atoms with E-state index < -0.39 is 0 Å². The number of methoxy groups -OCH3 is 1. The smallest absolute Gasteiger partial charge is 0.119 e. The predicted molar refractivity (Wildman–Crippen MR) is 74.5 cm³/mol. The average molecular weight is 260 g/mol. The fourth-order valence-electron chi connectivity index (χ4n) is 1.60. The van der Waals surface area contributed by atoms with Gasteiger partial charge in [-0.25, -0.2) is 4.68 Å². The average Bonchev–Trinajstić information content (AvgIpc) is 2.84. The Morgan fingerprint density at radius 3 is 2.47 bits per heavy atom. The van der Waals surface area contributed by atoms with Crippen molar-refractivity contribution in [1.29, 1.82) is 0 Å². The highest BCUT2D eigenvalue weighted by molar-refractivity contribution is 5.36. The monoisotopic (exact) mass is 260 g/mol. The van der Waals surface area contributed by atoms with Gasteiger partial charge in [-0.15, -0.1) is 5.10 Å². The lowest BCUT2D eigenvalue weighted by Gasteiger charge is -2.19. The van der Waals surface area contributed by atoms with E-state index in [4.69, 9.17) is 4.74 Å². The number of ether oxygens (including phenoxy) is 1. The Morgan fingerprint density at radius 2 is 1.89 bits per heavy atom. The Labute approximate surface area is 113 Å². The third-order valence-electron chi connectivity index (χ3n) is 2.68. The maximum atomic E-state index is 5.13. The van der Waals surface area contributed by atoms with E-state index in [1.54, 1.807) is 11.8 Å². The minimum absolute atomic E-state index is 0.0733. The van der Waals surface area contributed by atoms with Crippen LogP contribution in [0.3, 0.4) is 0 Å². The van der Waals surface area contributed by atoms with Gasteiger partial charge in [-0.1, -0.05) is 5.21 Å². The van der Waals surface area contributed by atoms with Crippen LogP contribution in [-0.2, 0) is 6.54 Å². The molecule has 5 heteroatoms. The summed E-state index contributed by atoms with van der Waals surface area (Å²) in [6, 6.07) is 7.72. The Bertz CT molecular complexity index is 525. The van der Waals surface area contributed by atoms with Gasteiger partial charge >= 0.3 is 0 Å². The lowest BCUT2D eigenvalue weighted by Crippen LogP contribution is -2.35. The second-order valence-electron chi connectivity index (χ2n) is 5.46. The summed E-state index contributed by atoms with van der Waals surface area (Å²) in [6.45, 7) is 7.09. The first-order chi connectivity index (χ1) is 8.98. The molecule has 0 bridgehead atoms. The molecule has 19 heavy (non-hydrogen) atoms. The standard InChI is InChI=1S/C14H20N4O/c1-14(2,3)15-9-11-10-18(17-16-11)12-5-7-13(19-4)8-6-12/h5-8,10,15H,9H2,1-4H3. The Kier molecular flexibility index (Phi) is 3.85. The van der Waals surface area contributed by atoms with Crippen LogP contribution in [0.5, 0.6) is 5.75 Å². The zero-order valence-corrected chi connectivity index (χ0v) is 11.8. The normalized spacial score (nSPS) is 11.6. The van der Waals surface area contributed by atoms with E-state index in [1.807, 2.05) is 30.5 Å². The molecular formula is C14H20N4O. The van der Waals surface area contributed by atoms with E-state index in [0.717, 1.165) is 17.1 Å². The second-order valence-corrected chi connectivity index (χ2v) is 5.46. The molecule has 1 aromatic heterocycles. The summed E-state index contributed by atoms with van der Waals surface area (Å²) in [5, 5.41) is 11.7. The van der Waals surface area contributed by atoms with Crippen molar-refractivity contribution in [3.8, 4) is 11.4 Å². The summed E-state index contributed by atoms with van der Waals surface area (Å²) in [4.78, 5) is 0. The van der Waals surface area contributed by atoms with Gasteiger partial charge in [-0.2, -0.15) is 0 Å². The third kappa shape index (κ3) is 3.79. The summed E-state index contributed by atoms with van der Waals surface area (Å²) >= 11 is 0. The quantitative estimate of drug-likeness (QED) is 0.915. The molecule has 0 aliphatic carbocycles. The molecule has 102 valence electrons. The van der Waals surface area contributed by atoms with Gasteiger partial charge in [0.15, 0.2) is 0 Å². The highest BCUT2D eigenvalue weighted by atomic mass is 16.5. The molecule has 5 nitrogen and oxygen atoms in total. The predicted octanol–water partition coefficient (Wildman–Crippen LogP) is 2.16. The first-order valence-electron chi connectivity index (χ1n) is 6.28. The van der Waals surface area contributed by atoms with Crippen LogP contribution >= 0.6 is 0 Å². The van der Waals surface area contributed by atoms with Crippen molar-refractivity contribution >= 4 is 0 Å². The van der Waals surface area contributed by atoms with Gasteiger partial charge in [0.05, 0.1) is 24.7 Å². The minimum Gasteiger partial charge on any atom is -0.497 e. The van der Waals surface area contributed by atoms with E-state index in [-0.39, 0.29) is 5.54 Å². The first kappa shape index (κ1) is 13.5. The van der Waals surface area contributed by atoms with E-state index in [1.165, 1.54) is 0 Å². The van der Waals surface area contributed by atoms with Gasteiger partial charge in [-0.05, 0) is 45.0 Å². The fourth-order valence-corrected chi connectivity index (χ4v) is 1.60. The number of aromatic nitrogens is 3. The van der Waals surface area contributed by atoms with E-state index in [9.17, 15) is 0 Å². The molecule has 1 N–H and O–H groups in total.